The van der Waals surface area contributed by atoms with Gasteiger partial charge in [0.05, 0.1) is 16.8 Å². The Hall–Kier alpha value is -0.450. The van der Waals surface area contributed by atoms with Crippen molar-refractivity contribution in [3.05, 3.63) is 15.6 Å². The van der Waals surface area contributed by atoms with E-state index in [4.69, 9.17) is 9.72 Å². The molecule has 1 aliphatic heterocycles. The molecular weight excluding hydrogens is 280 g/mol. The van der Waals surface area contributed by atoms with E-state index < -0.39 is 0 Å². The second-order valence-electron chi connectivity index (χ2n) is 7.00. The summed E-state index contributed by atoms with van der Waals surface area (Å²) in [5, 5.41) is 4.77. The summed E-state index contributed by atoms with van der Waals surface area (Å²) in [5.41, 5.74) is 1.38. The van der Waals surface area contributed by atoms with E-state index in [0.29, 0.717) is 6.10 Å². The summed E-state index contributed by atoms with van der Waals surface area (Å²) in [6.45, 7) is 11.9. The molecule has 1 aliphatic rings. The van der Waals surface area contributed by atoms with Gasteiger partial charge in [-0.15, -0.1) is 11.3 Å². The van der Waals surface area contributed by atoms with Crippen LogP contribution in [0.1, 0.15) is 69.0 Å². The summed E-state index contributed by atoms with van der Waals surface area (Å²) in [4.78, 5) is 6.36. The predicted octanol–water partition coefficient (Wildman–Crippen LogP) is 4.05. The van der Waals surface area contributed by atoms with Gasteiger partial charge in [-0.05, 0) is 32.2 Å². The molecule has 0 saturated carbocycles. The minimum atomic E-state index is 0.116. The zero-order chi connectivity index (χ0) is 15.3. The van der Waals surface area contributed by atoms with E-state index in [2.05, 4.69) is 33.0 Å². The quantitative estimate of drug-likeness (QED) is 0.805. The first-order chi connectivity index (χ1) is 10.0. The molecule has 0 aromatic carbocycles. The van der Waals surface area contributed by atoms with Crippen molar-refractivity contribution in [1.29, 1.82) is 0 Å². The van der Waals surface area contributed by atoms with Crippen LogP contribution in [0.4, 0.5) is 0 Å². The van der Waals surface area contributed by atoms with Crippen LogP contribution in [0.3, 0.4) is 0 Å². The molecule has 120 valence electrons. The number of ether oxygens (including phenoxy) is 1. The first-order valence-electron chi connectivity index (χ1n) is 8.32. The molecule has 2 rings (SSSR count). The SMILES string of the molecule is CCCNCc1sc(CC2CCCCO2)nc1C(C)(C)C. The fourth-order valence-electron chi connectivity index (χ4n) is 2.74. The van der Waals surface area contributed by atoms with Gasteiger partial charge in [-0.25, -0.2) is 4.98 Å². The van der Waals surface area contributed by atoms with Gasteiger partial charge in [-0.1, -0.05) is 27.7 Å². The highest BCUT2D eigenvalue weighted by molar-refractivity contribution is 7.11. The first kappa shape index (κ1) is 16.9. The van der Waals surface area contributed by atoms with Crippen molar-refractivity contribution in [3.63, 3.8) is 0 Å². The summed E-state index contributed by atoms with van der Waals surface area (Å²) in [6.07, 6.45) is 6.25. The topological polar surface area (TPSA) is 34.1 Å². The molecular formula is C17H30N2OS. The lowest BCUT2D eigenvalue weighted by Crippen LogP contribution is -2.21. The molecule has 21 heavy (non-hydrogen) atoms. The molecule has 0 amide bonds. The smallest absolute Gasteiger partial charge is 0.0957 e. The lowest BCUT2D eigenvalue weighted by Gasteiger charge is -2.21. The van der Waals surface area contributed by atoms with Crippen LogP contribution >= 0.6 is 11.3 Å². The Labute approximate surface area is 133 Å². The zero-order valence-corrected chi connectivity index (χ0v) is 14.8. The van der Waals surface area contributed by atoms with Crippen molar-refractivity contribution in [1.82, 2.24) is 10.3 Å². The number of hydrogen-bond donors (Lipinski definition) is 1. The normalized spacial score (nSPS) is 19.9. The van der Waals surface area contributed by atoms with Crippen LogP contribution in [0.2, 0.25) is 0 Å². The summed E-state index contributed by atoms with van der Waals surface area (Å²) in [5.74, 6) is 0. The largest absolute Gasteiger partial charge is 0.378 e. The van der Waals surface area contributed by atoms with Crippen LogP contribution in [0.5, 0.6) is 0 Å². The maximum Gasteiger partial charge on any atom is 0.0957 e. The summed E-state index contributed by atoms with van der Waals surface area (Å²) < 4.78 is 5.87. The Morgan fingerprint density at radius 2 is 2.14 bits per heavy atom. The minimum Gasteiger partial charge on any atom is -0.378 e. The fraction of sp³-hybridized carbons (Fsp3) is 0.824. The third kappa shape index (κ3) is 5.04. The van der Waals surface area contributed by atoms with Gasteiger partial charge >= 0.3 is 0 Å². The van der Waals surface area contributed by atoms with Crippen LogP contribution in [0, 0.1) is 0 Å². The van der Waals surface area contributed by atoms with Gasteiger partial charge in [-0.2, -0.15) is 0 Å². The van der Waals surface area contributed by atoms with Crippen molar-refractivity contribution < 1.29 is 4.74 Å². The van der Waals surface area contributed by atoms with Gasteiger partial charge in [0, 0.05) is 29.9 Å². The Morgan fingerprint density at radius 3 is 2.76 bits per heavy atom. The van der Waals surface area contributed by atoms with Crippen LogP contribution in [0.25, 0.3) is 0 Å². The van der Waals surface area contributed by atoms with E-state index in [1.807, 2.05) is 11.3 Å². The van der Waals surface area contributed by atoms with Crippen LogP contribution < -0.4 is 5.32 Å². The summed E-state index contributed by atoms with van der Waals surface area (Å²) in [6, 6.07) is 0. The number of hydrogen-bond acceptors (Lipinski definition) is 4. The molecule has 1 aromatic heterocycles. The van der Waals surface area contributed by atoms with E-state index in [1.165, 1.54) is 41.3 Å². The molecule has 1 fully saturated rings. The Bertz CT molecular complexity index is 430. The van der Waals surface area contributed by atoms with E-state index >= 15 is 0 Å². The molecule has 1 unspecified atom stereocenters. The van der Waals surface area contributed by atoms with E-state index in [0.717, 1.165) is 26.1 Å². The Morgan fingerprint density at radius 1 is 1.33 bits per heavy atom. The number of aromatic nitrogens is 1. The number of rotatable bonds is 6. The molecule has 2 heterocycles. The highest BCUT2D eigenvalue weighted by Gasteiger charge is 2.24. The van der Waals surface area contributed by atoms with Gasteiger partial charge in [0.1, 0.15) is 0 Å². The number of nitrogens with zero attached hydrogens (tertiary/aromatic N) is 1. The summed E-state index contributed by atoms with van der Waals surface area (Å²) >= 11 is 1.88. The van der Waals surface area contributed by atoms with Crippen LogP contribution in [0.15, 0.2) is 0 Å². The van der Waals surface area contributed by atoms with Crippen LogP contribution in [-0.4, -0.2) is 24.2 Å². The van der Waals surface area contributed by atoms with Crippen molar-refractivity contribution in [2.45, 2.75) is 77.9 Å². The maximum absolute atomic E-state index is 5.87. The predicted molar refractivity (Wildman–Crippen MR) is 90.1 cm³/mol. The second-order valence-corrected chi connectivity index (χ2v) is 8.17. The molecule has 0 spiro atoms. The number of nitrogens with one attached hydrogen (secondary N) is 1. The Balaban J connectivity index is 2.07. The van der Waals surface area contributed by atoms with Gasteiger partial charge in [-0.3, -0.25) is 0 Å². The van der Waals surface area contributed by atoms with Gasteiger partial charge in [0.2, 0.25) is 0 Å². The third-order valence-electron chi connectivity index (χ3n) is 3.84. The average molecular weight is 311 g/mol. The molecule has 1 saturated heterocycles. The first-order valence-corrected chi connectivity index (χ1v) is 9.13. The summed E-state index contributed by atoms with van der Waals surface area (Å²) in [7, 11) is 0. The lowest BCUT2D eigenvalue weighted by atomic mass is 9.91. The standard InChI is InChI=1S/C17H30N2OS/c1-5-9-18-12-14-16(17(2,3)4)19-15(21-14)11-13-8-6-7-10-20-13/h13,18H,5-12H2,1-4H3. The van der Waals surface area contributed by atoms with Gasteiger partial charge in [0.15, 0.2) is 0 Å². The Kier molecular flexibility index (Phi) is 6.20. The molecule has 1 N–H and O–H groups in total. The van der Waals surface area contributed by atoms with Crippen LogP contribution in [-0.2, 0) is 23.1 Å². The molecule has 1 aromatic rings. The van der Waals surface area contributed by atoms with Crippen molar-refractivity contribution in [2.24, 2.45) is 0 Å². The lowest BCUT2D eigenvalue weighted by molar-refractivity contribution is 0.0167. The molecule has 3 nitrogen and oxygen atoms in total. The fourth-order valence-corrected chi connectivity index (χ4v) is 4.05. The number of thiazole rings is 1. The van der Waals surface area contributed by atoms with E-state index in [1.54, 1.807) is 0 Å². The van der Waals surface area contributed by atoms with Crippen molar-refractivity contribution in [3.8, 4) is 0 Å². The maximum atomic E-state index is 5.87. The molecule has 1 atom stereocenters. The average Bonchev–Trinajstić information content (AvgIpc) is 2.83. The molecule has 0 bridgehead atoms. The molecule has 0 radical (unpaired) electrons. The molecule has 0 aliphatic carbocycles. The van der Waals surface area contributed by atoms with Gasteiger partial charge in [0.25, 0.3) is 0 Å². The minimum absolute atomic E-state index is 0.116. The van der Waals surface area contributed by atoms with Gasteiger partial charge < -0.3 is 10.1 Å². The molecule has 4 heteroatoms. The highest BCUT2D eigenvalue weighted by atomic mass is 32.1. The van der Waals surface area contributed by atoms with E-state index in [-0.39, 0.29) is 5.41 Å². The third-order valence-corrected chi connectivity index (χ3v) is 4.92. The van der Waals surface area contributed by atoms with Crippen molar-refractivity contribution in [2.75, 3.05) is 13.2 Å². The zero-order valence-electron chi connectivity index (χ0n) is 14.0. The van der Waals surface area contributed by atoms with E-state index in [9.17, 15) is 0 Å². The van der Waals surface area contributed by atoms with Crippen molar-refractivity contribution >= 4 is 11.3 Å². The monoisotopic (exact) mass is 310 g/mol. The highest BCUT2D eigenvalue weighted by Crippen LogP contribution is 2.31. The second kappa shape index (κ2) is 7.70.